The fourth-order valence-electron chi connectivity index (χ4n) is 5.15. The van der Waals surface area contributed by atoms with Crippen LogP contribution in [0.2, 0.25) is 0 Å². The number of nitrogens with zero attached hydrogens (tertiary/aromatic N) is 4. The first-order valence-corrected chi connectivity index (χ1v) is 14.7. The van der Waals surface area contributed by atoms with Crippen LogP contribution in [0.4, 0.5) is 11.8 Å². The number of hydrogen-bond donors (Lipinski definition) is 2. The van der Waals surface area contributed by atoms with Crippen molar-refractivity contribution in [1.82, 2.24) is 19.5 Å². The number of methoxy groups -OCH3 is 1. The Hall–Kier alpha value is -5.49. The van der Waals surface area contributed by atoms with Crippen LogP contribution in [-0.4, -0.2) is 58.8 Å². The summed E-state index contributed by atoms with van der Waals surface area (Å²) >= 11 is 0. The third kappa shape index (κ3) is 6.92. The molecule has 0 aliphatic rings. The minimum Gasteiger partial charge on any atom is -0.497 e. The van der Waals surface area contributed by atoms with Crippen molar-refractivity contribution < 1.29 is 28.5 Å². The quantitative estimate of drug-likeness (QED) is 0.0723. The van der Waals surface area contributed by atoms with Crippen LogP contribution >= 0.6 is 0 Å². The first kappa shape index (κ1) is 31.9. The number of benzene rings is 3. The molecule has 46 heavy (non-hydrogen) atoms. The molecule has 2 heterocycles. The van der Waals surface area contributed by atoms with Crippen LogP contribution in [0.5, 0.6) is 5.75 Å². The van der Waals surface area contributed by atoms with Crippen LogP contribution in [0.15, 0.2) is 91.3 Å². The van der Waals surface area contributed by atoms with E-state index in [1.54, 1.807) is 14.2 Å². The van der Waals surface area contributed by atoms with Crippen molar-refractivity contribution in [1.29, 1.82) is 0 Å². The standard InChI is InChI=1S/C34H36N6O6/c1-23(41)44-20-11-21-45-33(46-24(2)42)40-22-36-29-30(37-32(35-3)38-31(29)40)39-34(25-12-7-5-8-13-25,26-14-9-6-10-15-26)27-16-18-28(43-4)19-17-27/h5-10,12-19,22,33H,11,20-21H2,1-4H3,(H2,35,37,38,39). The largest absolute Gasteiger partial charge is 0.497 e. The third-order valence-electron chi connectivity index (χ3n) is 7.24. The van der Waals surface area contributed by atoms with E-state index in [4.69, 9.17) is 23.9 Å². The molecule has 2 aromatic heterocycles. The molecule has 0 saturated carbocycles. The Morgan fingerprint density at radius 3 is 2.04 bits per heavy atom. The van der Waals surface area contributed by atoms with Crippen molar-refractivity contribution in [3.63, 3.8) is 0 Å². The smallest absolute Gasteiger partial charge is 0.306 e. The Balaban J connectivity index is 1.65. The molecule has 1 atom stereocenters. The van der Waals surface area contributed by atoms with E-state index in [1.165, 1.54) is 24.7 Å². The van der Waals surface area contributed by atoms with Gasteiger partial charge in [0.2, 0.25) is 5.95 Å². The second kappa shape index (κ2) is 14.5. The Labute approximate surface area is 266 Å². The summed E-state index contributed by atoms with van der Waals surface area (Å²) in [5, 5.41) is 6.79. The molecule has 238 valence electrons. The van der Waals surface area contributed by atoms with Gasteiger partial charge in [-0.05, 0) is 28.8 Å². The Morgan fingerprint density at radius 1 is 0.848 bits per heavy atom. The first-order valence-electron chi connectivity index (χ1n) is 14.7. The third-order valence-corrected chi connectivity index (χ3v) is 7.24. The zero-order valence-corrected chi connectivity index (χ0v) is 26.1. The monoisotopic (exact) mass is 624 g/mol. The number of ether oxygens (including phenoxy) is 4. The van der Waals surface area contributed by atoms with Gasteiger partial charge in [-0.15, -0.1) is 0 Å². The minimum atomic E-state index is -1.18. The number of esters is 2. The zero-order valence-electron chi connectivity index (χ0n) is 26.1. The summed E-state index contributed by atoms with van der Waals surface area (Å²) in [5.41, 5.74) is 2.68. The second-order valence-corrected chi connectivity index (χ2v) is 10.3. The number of hydrogen-bond acceptors (Lipinski definition) is 11. The van der Waals surface area contributed by atoms with Crippen molar-refractivity contribution in [2.45, 2.75) is 32.2 Å². The van der Waals surface area contributed by atoms with Crippen molar-refractivity contribution in [3.8, 4) is 5.75 Å². The topological polar surface area (TPSA) is 139 Å². The predicted octanol–water partition coefficient (Wildman–Crippen LogP) is 5.27. The van der Waals surface area contributed by atoms with Crippen molar-refractivity contribution in [2.24, 2.45) is 0 Å². The second-order valence-electron chi connectivity index (χ2n) is 10.3. The highest BCUT2D eigenvalue weighted by molar-refractivity contribution is 5.85. The molecule has 0 spiro atoms. The van der Waals surface area contributed by atoms with Gasteiger partial charge in [0.05, 0.1) is 20.3 Å². The Kier molecular flexibility index (Phi) is 10.1. The Morgan fingerprint density at radius 2 is 1.48 bits per heavy atom. The number of carbonyl (C=O) groups is 2. The van der Waals surface area contributed by atoms with Crippen molar-refractivity contribution >= 4 is 34.9 Å². The molecule has 0 aliphatic carbocycles. The molecule has 12 nitrogen and oxygen atoms in total. The van der Waals surface area contributed by atoms with Gasteiger partial charge in [0, 0.05) is 27.3 Å². The molecule has 2 N–H and O–H groups in total. The van der Waals surface area contributed by atoms with Gasteiger partial charge in [-0.2, -0.15) is 9.97 Å². The normalized spacial score (nSPS) is 11.9. The van der Waals surface area contributed by atoms with Crippen LogP contribution in [0.1, 0.15) is 43.4 Å². The number of carbonyl (C=O) groups excluding carboxylic acids is 2. The molecule has 0 amide bonds. The van der Waals surface area contributed by atoms with Gasteiger partial charge in [-0.1, -0.05) is 72.8 Å². The molecule has 0 radical (unpaired) electrons. The lowest BCUT2D eigenvalue weighted by molar-refractivity contribution is -0.199. The maximum atomic E-state index is 12.1. The van der Waals surface area contributed by atoms with Crippen LogP contribution in [-0.2, 0) is 29.3 Å². The summed E-state index contributed by atoms with van der Waals surface area (Å²) in [4.78, 5) is 37.4. The van der Waals surface area contributed by atoms with Crippen LogP contribution < -0.4 is 15.4 Å². The van der Waals surface area contributed by atoms with Crippen molar-refractivity contribution in [3.05, 3.63) is 108 Å². The van der Waals surface area contributed by atoms with Gasteiger partial charge in [0.1, 0.15) is 17.6 Å². The van der Waals surface area contributed by atoms with Crippen molar-refractivity contribution in [2.75, 3.05) is 38.0 Å². The highest BCUT2D eigenvalue weighted by Gasteiger charge is 2.38. The first-order chi connectivity index (χ1) is 22.3. The summed E-state index contributed by atoms with van der Waals surface area (Å²) < 4.78 is 23.4. The van der Waals surface area contributed by atoms with Gasteiger partial charge in [0.15, 0.2) is 17.0 Å². The molecule has 1 unspecified atom stereocenters. The zero-order chi connectivity index (χ0) is 32.5. The van der Waals surface area contributed by atoms with Gasteiger partial charge < -0.3 is 29.6 Å². The number of rotatable bonds is 14. The van der Waals surface area contributed by atoms with E-state index in [-0.39, 0.29) is 19.2 Å². The number of fused-ring (bicyclic) bond motifs is 1. The molecule has 0 fully saturated rings. The van der Waals surface area contributed by atoms with E-state index in [9.17, 15) is 9.59 Å². The molecular formula is C34H36N6O6. The van der Waals surface area contributed by atoms with Gasteiger partial charge in [0.25, 0.3) is 6.41 Å². The SMILES string of the molecule is CNc1nc(NC(c2ccccc2)(c2ccccc2)c2ccc(OC)cc2)c2ncn(C(OCCCOC(C)=O)OC(C)=O)c2n1. The van der Waals surface area contributed by atoms with Crippen LogP contribution in [0.25, 0.3) is 11.2 Å². The summed E-state index contributed by atoms with van der Waals surface area (Å²) in [6.07, 6.45) is 0.706. The molecule has 3 aromatic carbocycles. The fourth-order valence-corrected chi connectivity index (χ4v) is 5.15. The van der Waals surface area contributed by atoms with Crippen LogP contribution in [0.3, 0.4) is 0 Å². The molecular weight excluding hydrogens is 588 g/mol. The van der Waals surface area contributed by atoms with Gasteiger partial charge >= 0.3 is 11.9 Å². The maximum Gasteiger partial charge on any atom is 0.306 e. The van der Waals surface area contributed by atoms with E-state index >= 15 is 0 Å². The average Bonchev–Trinajstić information content (AvgIpc) is 3.51. The predicted molar refractivity (Wildman–Crippen MR) is 172 cm³/mol. The highest BCUT2D eigenvalue weighted by Crippen LogP contribution is 2.41. The summed E-state index contributed by atoms with van der Waals surface area (Å²) in [7, 11) is 3.35. The Bertz CT molecular complexity index is 1720. The van der Waals surface area contributed by atoms with Gasteiger partial charge in [-0.3, -0.25) is 14.2 Å². The molecule has 12 heteroatoms. The lowest BCUT2D eigenvalue weighted by Gasteiger charge is -2.37. The highest BCUT2D eigenvalue weighted by atomic mass is 16.7. The fraction of sp³-hybridized carbons (Fsp3) is 0.265. The van der Waals surface area contributed by atoms with Gasteiger partial charge in [-0.25, -0.2) is 4.98 Å². The minimum absolute atomic E-state index is 0.141. The van der Waals surface area contributed by atoms with E-state index in [0.717, 1.165) is 22.4 Å². The summed E-state index contributed by atoms with van der Waals surface area (Å²) in [6.45, 7) is 2.93. The molecule has 0 aliphatic heterocycles. The number of anilines is 2. The van der Waals surface area contributed by atoms with E-state index in [2.05, 4.69) is 44.9 Å². The summed E-state index contributed by atoms with van der Waals surface area (Å²) in [5.74, 6) is 0.514. The number of nitrogens with one attached hydrogen (secondary N) is 2. The summed E-state index contributed by atoms with van der Waals surface area (Å²) in [6, 6.07) is 28.0. The lowest BCUT2D eigenvalue weighted by Crippen LogP contribution is -2.38. The molecule has 0 bridgehead atoms. The molecule has 0 saturated heterocycles. The average molecular weight is 625 g/mol. The van der Waals surface area contributed by atoms with E-state index < -0.39 is 17.9 Å². The number of aromatic nitrogens is 4. The van der Waals surface area contributed by atoms with E-state index in [0.29, 0.717) is 29.4 Å². The van der Waals surface area contributed by atoms with E-state index in [1.807, 2.05) is 60.7 Å². The number of imidazole rings is 1. The molecule has 5 rings (SSSR count). The molecule has 5 aromatic rings. The maximum absolute atomic E-state index is 12.1. The lowest BCUT2D eigenvalue weighted by atomic mass is 9.77. The van der Waals surface area contributed by atoms with Crippen LogP contribution in [0, 0.1) is 0 Å².